The summed E-state index contributed by atoms with van der Waals surface area (Å²) < 4.78 is 4.90. The number of carbonyl (C=O) groups is 2. The molecule has 1 unspecified atom stereocenters. The van der Waals surface area contributed by atoms with Crippen LogP contribution in [0, 0.1) is 5.92 Å². The molecule has 15 heavy (non-hydrogen) atoms. The molecule has 0 aliphatic carbocycles. The highest BCUT2D eigenvalue weighted by Crippen LogP contribution is 2.21. The molecule has 86 valence electrons. The third-order valence-corrected chi connectivity index (χ3v) is 2.65. The highest BCUT2D eigenvalue weighted by atomic mass is 16.5. The highest BCUT2D eigenvalue weighted by molar-refractivity contribution is 5.78. The topological polar surface area (TPSA) is 66.8 Å². The SMILES string of the molecule is COCCN1CCC(CC(=O)O)CC1=O. The van der Waals surface area contributed by atoms with E-state index in [1.54, 1.807) is 12.0 Å². The summed E-state index contributed by atoms with van der Waals surface area (Å²) in [5.74, 6) is -0.767. The average Bonchev–Trinajstić information content (AvgIpc) is 2.15. The monoisotopic (exact) mass is 215 g/mol. The van der Waals surface area contributed by atoms with E-state index in [2.05, 4.69) is 0 Å². The van der Waals surface area contributed by atoms with Gasteiger partial charge in [0, 0.05) is 33.0 Å². The van der Waals surface area contributed by atoms with Crippen molar-refractivity contribution in [2.24, 2.45) is 5.92 Å². The average molecular weight is 215 g/mol. The number of carboxylic acid groups (broad SMARTS) is 1. The van der Waals surface area contributed by atoms with Crippen molar-refractivity contribution in [2.75, 3.05) is 26.8 Å². The molecule has 0 spiro atoms. The summed E-state index contributed by atoms with van der Waals surface area (Å²) in [6.45, 7) is 1.80. The zero-order valence-corrected chi connectivity index (χ0v) is 8.94. The van der Waals surface area contributed by atoms with Crippen LogP contribution in [0.25, 0.3) is 0 Å². The second-order valence-corrected chi connectivity index (χ2v) is 3.83. The number of amides is 1. The standard InChI is InChI=1S/C10H17NO4/c1-15-5-4-11-3-2-8(6-9(11)12)7-10(13)14/h8H,2-7H2,1H3,(H,13,14). The summed E-state index contributed by atoms with van der Waals surface area (Å²) in [6, 6.07) is 0. The quantitative estimate of drug-likeness (QED) is 0.718. The summed E-state index contributed by atoms with van der Waals surface area (Å²) in [5.41, 5.74) is 0. The van der Waals surface area contributed by atoms with Crippen LogP contribution in [0.2, 0.25) is 0 Å². The number of nitrogens with zero attached hydrogens (tertiary/aromatic N) is 1. The van der Waals surface area contributed by atoms with Crippen molar-refractivity contribution in [1.82, 2.24) is 4.90 Å². The number of aliphatic carboxylic acids is 1. The molecule has 5 nitrogen and oxygen atoms in total. The van der Waals surface area contributed by atoms with Crippen molar-refractivity contribution in [3.63, 3.8) is 0 Å². The molecule has 0 aromatic carbocycles. The Morgan fingerprint density at radius 2 is 2.40 bits per heavy atom. The maximum atomic E-state index is 11.6. The van der Waals surface area contributed by atoms with E-state index in [-0.39, 0.29) is 18.2 Å². The maximum absolute atomic E-state index is 11.6. The fraction of sp³-hybridized carbons (Fsp3) is 0.800. The van der Waals surface area contributed by atoms with Gasteiger partial charge < -0.3 is 14.7 Å². The van der Waals surface area contributed by atoms with E-state index in [1.807, 2.05) is 0 Å². The summed E-state index contributed by atoms with van der Waals surface area (Å²) in [4.78, 5) is 23.8. The normalized spacial score (nSPS) is 21.8. The Labute approximate surface area is 89.0 Å². The summed E-state index contributed by atoms with van der Waals surface area (Å²) in [7, 11) is 1.60. The minimum atomic E-state index is -0.821. The van der Waals surface area contributed by atoms with Gasteiger partial charge in [-0.05, 0) is 12.3 Å². The van der Waals surface area contributed by atoms with Crippen molar-refractivity contribution in [1.29, 1.82) is 0 Å². The molecule has 1 atom stereocenters. The number of methoxy groups -OCH3 is 1. The second-order valence-electron chi connectivity index (χ2n) is 3.83. The largest absolute Gasteiger partial charge is 0.481 e. The van der Waals surface area contributed by atoms with Crippen molar-refractivity contribution >= 4 is 11.9 Å². The number of ether oxygens (including phenoxy) is 1. The highest BCUT2D eigenvalue weighted by Gasteiger charge is 2.26. The van der Waals surface area contributed by atoms with Gasteiger partial charge in [0.15, 0.2) is 0 Å². The first kappa shape index (κ1) is 12.0. The molecule has 1 fully saturated rings. The van der Waals surface area contributed by atoms with Crippen molar-refractivity contribution in [3.05, 3.63) is 0 Å². The van der Waals surface area contributed by atoms with Gasteiger partial charge in [-0.3, -0.25) is 9.59 Å². The molecular weight excluding hydrogens is 198 g/mol. The lowest BCUT2D eigenvalue weighted by molar-refractivity contribution is -0.140. The number of carbonyl (C=O) groups excluding carboxylic acids is 1. The second kappa shape index (κ2) is 5.70. The van der Waals surface area contributed by atoms with Crippen molar-refractivity contribution < 1.29 is 19.4 Å². The van der Waals surface area contributed by atoms with Gasteiger partial charge in [0.05, 0.1) is 6.61 Å². The van der Waals surface area contributed by atoms with Crippen LogP contribution < -0.4 is 0 Å². The van der Waals surface area contributed by atoms with Crippen LogP contribution in [-0.4, -0.2) is 48.7 Å². The van der Waals surface area contributed by atoms with Gasteiger partial charge in [0.1, 0.15) is 0 Å². The number of hydrogen-bond donors (Lipinski definition) is 1. The number of carboxylic acids is 1. The number of rotatable bonds is 5. The molecule has 1 saturated heterocycles. The van der Waals surface area contributed by atoms with Crippen LogP contribution in [0.3, 0.4) is 0 Å². The van der Waals surface area contributed by atoms with Crippen LogP contribution in [0.1, 0.15) is 19.3 Å². The van der Waals surface area contributed by atoms with Gasteiger partial charge in [0.25, 0.3) is 0 Å². The van der Waals surface area contributed by atoms with Gasteiger partial charge in [-0.25, -0.2) is 0 Å². The molecule has 5 heteroatoms. The fourth-order valence-electron chi connectivity index (χ4n) is 1.80. The fourth-order valence-corrected chi connectivity index (χ4v) is 1.80. The number of hydrogen-bond acceptors (Lipinski definition) is 3. The minimum Gasteiger partial charge on any atom is -0.481 e. The van der Waals surface area contributed by atoms with Crippen LogP contribution in [0.15, 0.2) is 0 Å². The predicted molar refractivity (Wildman–Crippen MR) is 53.4 cm³/mol. The smallest absolute Gasteiger partial charge is 0.303 e. The molecule has 1 amide bonds. The molecular formula is C10H17NO4. The Morgan fingerprint density at radius 3 is 2.93 bits per heavy atom. The van der Waals surface area contributed by atoms with E-state index in [0.717, 1.165) is 6.42 Å². The van der Waals surface area contributed by atoms with E-state index in [0.29, 0.717) is 26.1 Å². The Bertz CT molecular complexity index is 242. The van der Waals surface area contributed by atoms with Gasteiger partial charge in [-0.15, -0.1) is 0 Å². The Kier molecular flexibility index (Phi) is 4.55. The predicted octanol–water partition coefficient (Wildman–Crippen LogP) is 0.346. The summed E-state index contributed by atoms with van der Waals surface area (Å²) in [5, 5.41) is 8.61. The molecule has 1 aliphatic rings. The molecule has 0 bridgehead atoms. The van der Waals surface area contributed by atoms with E-state index in [1.165, 1.54) is 0 Å². The van der Waals surface area contributed by atoms with E-state index in [4.69, 9.17) is 9.84 Å². The zero-order valence-electron chi connectivity index (χ0n) is 8.94. The molecule has 1 rings (SSSR count). The summed E-state index contributed by atoms with van der Waals surface area (Å²) >= 11 is 0. The first-order valence-electron chi connectivity index (χ1n) is 5.12. The maximum Gasteiger partial charge on any atom is 0.303 e. The van der Waals surface area contributed by atoms with Crippen LogP contribution in [0.5, 0.6) is 0 Å². The van der Waals surface area contributed by atoms with E-state index < -0.39 is 5.97 Å². The molecule has 1 heterocycles. The first-order chi connectivity index (χ1) is 7.13. The molecule has 0 saturated carbocycles. The van der Waals surface area contributed by atoms with Gasteiger partial charge in [-0.2, -0.15) is 0 Å². The van der Waals surface area contributed by atoms with Crippen LogP contribution in [0.4, 0.5) is 0 Å². The Hall–Kier alpha value is -1.10. The van der Waals surface area contributed by atoms with Gasteiger partial charge in [0.2, 0.25) is 5.91 Å². The number of likely N-dealkylation sites (tertiary alicyclic amines) is 1. The lowest BCUT2D eigenvalue weighted by Gasteiger charge is -2.30. The lowest BCUT2D eigenvalue weighted by atomic mass is 9.93. The van der Waals surface area contributed by atoms with Crippen LogP contribution >= 0.6 is 0 Å². The molecule has 0 aromatic heterocycles. The zero-order chi connectivity index (χ0) is 11.3. The number of piperidine rings is 1. The third kappa shape index (κ3) is 3.87. The Balaban J connectivity index is 2.34. The minimum absolute atomic E-state index is 0.00814. The Morgan fingerprint density at radius 1 is 1.67 bits per heavy atom. The molecule has 0 aromatic rings. The van der Waals surface area contributed by atoms with Crippen LogP contribution in [-0.2, 0) is 14.3 Å². The van der Waals surface area contributed by atoms with E-state index in [9.17, 15) is 9.59 Å². The van der Waals surface area contributed by atoms with Crippen molar-refractivity contribution in [2.45, 2.75) is 19.3 Å². The molecule has 1 N–H and O–H groups in total. The van der Waals surface area contributed by atoms with Gasteiger partial charge in [-0.1, -0.05) is 0 Å². The molecule has 0 radical (unpaired) electrons. The van der Waals surface area contributed by atoms with Crippen molar-refractivity contribution in [3.8, 4) is 0 Å². The lowest BCUT2D eigenvalue weighted by Crippen LogP contribution is -2.41. The molecule has 1 aliphatic heterocycles. The van der Waals surface area contributed by atoms with E-state index >= 15 is 0 Å². The first-order valence-corrected chi connectivity index (χ1v) is 5.12. The summed E-state index contributed by atoms with van der Waals surface area (Å²) in [6.07, 6.45) is 1.24. The van der Waals surface area contributed by atoms with Gasteiger partial charge >= 0.3 is 5.97 Å². The third-order valence-electron chi connectivity index (χ3n) is 2.65.